The van der Waals surface area contributed by atoms with Crippen LogP contribution >= 0.6 is 12.4 Å². The van der Waals surface area contributed by atoms with Crippen molar-refractivity contribution < 1.29 is 37.4 Å². The molecule has 202 valence electrons. The summed E-state index contributed by atoms with van der Waals surface area (Å²) in [6.45, 7) is 3.70. The van der Waals surface area contributed by atoms with E-state index >= 15 is 0 Å². The van der Waals surface area contributed by atoms with Crippen LogP contribution in [-0.4, -0.2) is 58.9 Å². The van der Waals surface area contributed by atoms with Gasteiger partial charge in [-0.05, 0) is 44.7 Å². The third kappa shape index (κ3) is 5.91. The number of ether oxygens (including phenoxy) is 1. The van der Waals surface area contributed by atoms with E-state index in [4.69, 9.17) is 10.8 Å². The number of carbonyl (C=O) groups is 3. The van der Waals surface area contributed by atoms with Gasteiger partial charge in [0.25, 0.3) is 5.91 Å². The molecule has 0 bridgehead atoms. The monoisotopic (exact) mass is 546 g/mol. The second-order valence-electron chi connectivity index (χ2n) is 9.40. The van der Waals surface area contributed by atoms with E-state index in [2.05, 4.69) is 20.4 Å². The van der Waals surface area contributed by atoms with Gasteiger partial charge in [-0.3, -0.25) is 14.6 Å². The fourth-order valence-corrected chi connectivity index (χ4v) is 4.03. The summed E-state index contributed by atoms with van der Waals surface area (Å²) in [5.74, 6) is -1.34. The maximum Gasteiger partial charge on any atom is 0.511 e. The lowest BCUT2D eigenvalue weighted by Crippen LogP contribution is -2.57. The molecule has 2 fully saturated rings. The number of carboxylic acid groups (broad SMARTS) is 1. The number of guanidine groups is 1. The molecule has 2 heterocycles. The van der Waals surface area contributed by atoms with E-state index in [1.165, 1.54) is 6.07 Å². The summed E-state index contributed by atoms with van der Waals surface area (Å²) in [4.78, 5) is 42.9. The van der Waals surface area contributed by atoms with Gasteiger partial charge < -0.3 is 26.2 Å². The molecule has 1 aliphatic carbocycles. The van der Waals surface area contributed by atoms with Crippen LogP contribution in [-0.2, 0) is 10.9 Å². The van der Waals surface area contributed by atoms with Gasteiger partial charge >= 0.3 is 18.4 Å². The first-order valence-corrected chi connectivity index (χ1v) is 11.1. The predicted molar refractivity (Wildman–Crippen MR) is 128 cm³/mol. The van der Waals surface area contributed by atoms with Gasteiger partial charge in [-0.25, -0.2) is 14.6 Å². The number of urea groups is 1. The van der Waals surface area contributed by atoms with Crippen molar-refractivity contribution in [2.45, 2.75) is 44.6 Å². The lowest BCUT2D eigenvalue weighted by molar-refractivity contribution is -0.137. The summed E-state index contributed by atoms with van der Waals surface area (Å²) in [7, 11) is 0. The molecule has 1 atom stereocenters. The van der Waals surface area contributed by atoms with Crippen LogP contribution in [0.3, 0.4) is 0 Å². The Morgan fingerprint density at radius 3 is 2.54 bits per heavy atom. The van der Waals surface area contributed by atoms with Crippen LogP contribution in [0.2, 0.25) is 0 Å². The Morgan fingerprint density at radius 2 is 2.00 bits per heavy atom. The topological polar surface area (TPSA) is 150 Å². The Morgan fingerprint density at radius 1 is 1.32 bits per heavy atom. The largest absolute Gasteiger partial charge is 0.511 e. The first kappa shape index (κ1) is 28.1. The highest BCUT2D eigenvalue weighted by Gasteiger charge is 2.46. The molecule has 1 aromatic rings. The van der Waals surface area contributed by atoms with Gasteiger partial charge in [0.05, 0.1) is 35.1 Å². The van der Waals surface area contributed by atoms with Crippen molar-refractivity contribution in [2.75, 3.05) is 18.0 Å². The number of hydrogen-bond donors (Lipinski definition) is 4. The molecule has 37 heavy (non-hydrogen) atoms. The zero-order valence-electron chi connectivity index (χ0n) is 19.8. The van der Waals surface area contributed by atoms with Crippen molar-refractivity contribution >= 4 is 42.1 Å². The Labute approximate surface area is 215 Å². The molecular weight excluding hydrogens is 521 g/mol. The highest BCUT2D eigenvalue weighted by atomic mass is 35.5. The molecule has 5 N–H and O–H groups in total. The normalized spacial score (nSPS) is 20.9. The number of alkyl halides is 3. The van der Waals surface area contributed by atoms with Crippen molar-refractivity contribution in [1.29, 1.82) is 0 Å². The quantitative estimate of drug-likeness (QED) is 0.414. The Balaban J connectivity index is 0.00000380. The van der Waals surface area contributed by atoms with Gasteiger partial charge in [0.1, 0.15) is 6.17 Å². The van der Waals surface area contributed by atoms with E-state index in [0.29, 0.717) is 0 Å². The van der Waals surface area contributed by atoms with Crippen molar-refractivity contribution in [3.05, 3.63) is 41.3 Å². The van der Waals surface area contributed by atoms with Crippen LogP contribution in [0, 0.1) is 5.92 Å². The number of aliphatic imine (C=N–C) groups is 1. The number of amides is 3. The van der Waals surface area contributed by atoms with Crippen molar-refractivity contribution in [1.82, 2.24) is 15.5 Å². The predicted octanol–water partition coefficient (Wildman–Crippen LogP) is 3.07. The third-order valence-corrected chi connectivity index (χ3v) is 5.86. The van der Waals surface area contributed by atoms with E-state index in [0.717, 1.165) is 41.0 Å². The molecule has 3 aliphatic rings. The molecule has 1 saturated carbocycles. The maximum atomic E-state index is 14.2. The summed E-state index contributed by atoms with van der Waals surface area (Å²) < 4.78 is 47.4. The number of nitrogens with two attached hydrogens (primary N) is 1. The van der Waals surface area contributed by atoms with Crippen molar-refractivity contribution in [3.8, 4) is 0 Å². The van der Waals surface area contributed by atoms with E-state index in [1.54, 1.807) is 13.8 Å². The van der Waals surface area contributed by atoms with Crippen molar-refractivity contribution in [3.63, 3.8) is 0 Å². The molecule has 1 saturated heterocycles. The first-order valence-electron chi connectivity index (χ1n) is 11.1. The van der Waals surface area contributed by atoms with Gasteiger partial charge in [-0.2, -0.15) is 13.2 Å². The molecule has 2 aliphatic heterocycles. The summed E-state index contributed by atoms with van der Waals surface area (Å²) in [6, 6.07) is 2.39. The lowest BCUT2D eigenvalue weighted by atomic mass is 10.0. The average molecular weight is 547 g/mol. The van der Waals surface area contributed by atoms with Crippen LogP contribution in [0.4, 0.5) is 28.4 Å². The van der Waals surface area contributed by atoms with Crippen molar-refractivity contribution in [2.24, 2.45) is 16.6 Å². The molecule has 1 unspecified atom stereocenters. The van der Waals surface area contributed by atoms with E-state index < -0.39 is 53.0 Å². The van der Waals surface area contributed by atoms with Gasteiger partial charge in [-0.1, -0.05) is 6.07 Å². The summed E-state index contributed by atoms with van der Waals surface area (Å²) >= 11 is 0. The molecule has 1 aromatic carbocycles. The maximum absolute atomic E-state index is 14.2. The van der Waals surface area contributed by atoms with Crippen LogP contribution in [0.25, 0.3) is 0 Å². The van der Waals surface area contributed by atoms with Gasteiger partial charge in [-0.15, -0.1) is 12.4 Å². The minimum atomic E-state index is -4.94. The number of carbonyl (C=O) groups excluding carboxylic acids is 2. The number of halogens is 4. The SMILES string of the molecule is CC1(C)CN(C2=NC=C(OC(=O)O)C(N)N2c2c(C(=O)NCC3CC3)cccc2C(F)(F)F)C(=O)N1.Cl. The number of rotatable bonds is 5. The lowest BCUT2D eigenvalue weighted by Gasteiger charge is -2.39. The van der Waals surface area contributed by atoms with Crippen LogP contribution in [0.1, 0.15) is 42.6 Å². The smallest absolute Gasteiger partial charge is 0.449 e. The number of hydrogen-bond acceptors (Lipinski definition) is 7. The van der Waals surface area contributed by atoms with Crippen LogP contribution in [0.15, 0.2) is 35.2 Å². The van der Waals surface area contributed by atoms with Crippen LogP contribution < -0.4 is 21.3 Å². The molecule has 0 aromatic heterocycles. The average Bonchev–Trinajstić information content (AvgIpc) is 3.55. The fraction of sp³-hybridized carbons (Fsp3) is 0.455. The Kier molecular flexibility index (Phi) is 7.65. The second-order valence-corrected chi connectivity index (χ2v) is 9.40. The van der Waals surface area contributed by atoms with E-state index in [9.17, 15) is 27.6 Å². The minimum Gasteiger partial charge on any atom is -0.449 e. The molecule has 0 spiro atoms. The van der Waals surface area contributed by atoms with E-state index in [-0.39, 0.29) is 42.9 Å². The minimum absolute atomic E-state index is 0. The molecule has 4 rings (SSSR count). The highest BCUT2D eigenvalue weighted by Crippen LogP contribution is 2.41. The molecule has 15 heteroatoms. The first-order chi connectivity index (χ1) is 16.8. The zero-order valence-corrected chi connectivity index (χ0v) is 20.7. The van der Waals surface area contributed by atoms with Gasteiger partial charge in [0.2, 0.25) is 5.96 Å². The zero-order chi connectivity index (χ0) is 26.4. The van der Waals surface area contributed by atoms with E-state index in [1.807, 2.05) is 0 Å². The Bertz CT molecular complexity index is 1170. The number of anilines is 1. The molecule has 3 amide bonds. The third-order valence-electron chi connectivity index (χ3n) is 5.86. The second kappa shape index (κ2) is 10.1. The van der Waals surface area contributed by atoms with Crippen LogP contribution in [0.5, 0.6) is 0 Å². The van der Waals surface area contributed by atoms with Gasteiger partial charge in [0, 0.05) is 6.54 Å². The number of nitrogens with one attached hydrogen (secondary N) is 2. The summed E-state index contributed by atoms with van der Waals surface area (Å²) in [5.41, 5.74) is 3.19. The fourth-order valence-electron chi connectivity index (χ4n) is 4.03. The number of nitrogens with zero attached hydrogens (tertiary/aromatic N) is 3. The number of para-hydroxylation sites is 1. The summed E-state index contributed by atoms with van der Waals surface area (Å²) in [5, 5.41) is 14.4. The molecule has 11 nitrogen and oxygen atoms in total. The molecule has 0 radical (unpaired) electrons. The van der Waals surface area contributed by atoms with Gasteiger partial charge in [0.15, 0.2) is 5.76 Å². The molecular formula is C22H26ClF3N6O5. The standard InChI is InChI=1S/C22H25F3N6O5.ClH/c1-21(2)10-30(19(33)29-21)18-28-9-14(36-20(34)35)16(26)31(18)15-12(17(32)27-8-11-6-7-11)4-3-5-13(15)22(23,24)25;/h3-5,9,11,16H,6-8,10,26H2,1-2H3,(H,27,32)(H,29,33)(H,34,35);1H. The summed E-state index contributed by atoms with van der Waals surface area (Å²) in [6.07, 6.45) is -5.63. The Hall–Kier alpha value is -3.52. The highest BCUT2D eigenvalue weighted by molar-refractivity contribution is 6.12. The number of benzene rings is 1.